The maximum atomic E-state index is 13.7. The van der Waals surface area contributed by atoms with Crippen molar-refractivity contribution < 1.29 is 13.9 Å². The summed E-state index contributed by atoms with van der Waals surface area (Å²) in [4.78, 5) is 11.4. The van der Waals surface area contributed by atoms with Gasteiger partial charge in [0, 0.05) is 24.2 Å². The Balaban J connectivity index is 1.60. The number of aliphatic hydroxyl groups excluding tert-OH is 1. The molecule has 3 heterocycles. The van der Waals surface area contributed by atoms with Gasteiger partial charge in [0.25, 0.3) is 0 Å². The number of nitrogens with two attached hydrogens (primary N) is 1. The van der Waals surface area contributed by atoms with Gasteiger partial charge in [-0.25, -0.2) is 4.39 Å². The number of oxazole rings is 1. The molecule has 5 rings (SSSR count). The van der Waals surface area contributed by atoms with Crippen molar-refractivity contribution >= 4 is 11.5 Å². The molecule has 3 N–H and O–H groups in total. The van der Waals surface area contributed by atoms with E-state index in [1.807, 2.05) is 6.07 Å². The Bertz CT molecular complexity index is 1120. The number of pyridine rings is 1. The highest BCUT2D eigenvalue weighted by Gasteiger charge is 2.46. The zero-order valence-corrected chi connectivity index (χ0v) is 19.7. The second kappa shape index (κ2) is 9.37. The summed E-state index contributed by atoms with van der Waals surface area (Å²) in [5.74, 6) is 1.31. The topological polar surface area (TPSA) is 88.4 Å². The van der Waals surface area contributed by atoms with Crippen molar-refractivity contribution in [2.45, 2.75) is 75.9 Å². The predicted octanol–water partition coefficient (Wildman–Crippen LogP) is 5.77. The fraction of sp³-hybridized carbons (Fsp3) is 0.481. The molecule has 2 fully saturated rings. The fourth-order valence-electron chi connectivity index (χ4n) is 6.01. The summed E-state index contributed by atoms with van der Waals surface area (Å²) in [6, 6.07) is 8.32. The van der Waals surface area contributed by atoms with Gasteiger partial charge in [0.15, 0.2) is 18.0 Å². The van der Waals surface area contributed by atoms with E-state index in [-0.39, 0.29) is 5.82 Å². The van der Waals surface area contributed by atoms with E-state index in [1.54, 1.807) is 25.3 Å². The van der Waals surface area contributed by atoms with Gasteiger partial charge in [-0.1, -0.05) is 31.4 Å². The number of hydrogen-bond acceptors (Lipinski definition) is 6. The Morgan fingerprint density at radius 3 is 2.59 bits per heavy atom. The van der Waals surface area contributed by atoms with Gasteiger partial charge in [0.05, 0.1) is 23.0 Å². The number of hydrogen-bond donors (Lipinski definition) is 2. The molecule has 34 heavy (non-hydrogen) atoms. The van der Waals surface area contributed by atoms with Crippen LogP contribution in [0.5, 0.6) is 0 Å². The van der Waals surface area contributed by atoms with Gasteiger partial charge in [0.1, 0.15) is 5.82 Å². The molecule has 2 aromatic heterocycles. The molecule has 2 atom stereocenters. The molecule has 7 heteroatoms. The number of benzene rings is 1. The van der Waals surface area contributed by atoms with Crippen molar-refractivity contribution in [1.82, 2.24) is 9.97 Å². The standard InChI is InChI=1S/C27H33FN4O2/c1-18(33)27(20-9-11-21(28)12-10-20)14-5-6-16-32(27)26-25(34-17-31-26)22-13-15-30-24(23(22)29)19-7-3-2-4-8-19/h9-13,15,17-19,33H,2-8,14,16,29H2,1H3. The number of aliphatic hydroxyl groups is 1. The largest absolute Gasteiger partial charge is 0.441 e. The summed E-state index contributed by atoms with van der Waals surface area (Å²) in [5, 5.41) is 11.1. The molecule has 1 saturated carbocycles. The maximum absolute atomic E-state index is 13.7. The number of nitrogen functional groups attached to an aromatic ring is 1. The molecule has 1 aliphatic carbocycles. The third-order valence-corrected chi connectivity index (χ3v) is 7.77. The summed E-state index contributed by atoms with van der Waals surface area (Å²) in [7, 11) is 0. The minimum absolute atomic E-state index is 0.297. The SMILES string of the molecule is CC(O)C1(c2ccc(F)cc2)CCCCN1c1ncoc1-c1ccnc(C2CCCCC2)c1N. The normalized spacial score (nSPS) is 22.6. The molecule has 180 valence electrons. The lowest BCUT2D eigenvalue weighted by atomic mass is 9.76. The highest BCUT2D eigenvalue weighted by atomic mass is 19.1. The lowest BCUT2D eigenvalue weighted by Crippen LogP contribution is -2.56. The average molecular weight is 465 g/mol. The van der Waals surface area contributed by atoms with E-state index in [0.717, 1.165) is 48.9 Å². The van der Waals surface area contributed by atoms with Gasteiger partial charge in [0.2, 0.25) is 0 Å². The van der Waals surface area contributed by atoms with Crippen LogP contribution >= 0.6 is 0 Å². The smallest absolute Gasteiger partial charge is 0.183 e. The van der Waals surface area contributed by atoms with Gasteiger partial charge >= 0.3 is 0 Å². The van der Waals surface area contributed by atoms with Crippen molar-refractivity contribution in [3.63, 3.8) is 0 Å². The van der Waals surface area contributed by atoms with Crippen LogP contribution in [0.25, 0.3) is 11.3 Å². The van der Waals surface area contributed by atoms with E-state index in [1.165, 1.54) is 37.8 Å². The molecular weight excluding hydrogens is 431 g/mol. The van der Waals surface area contributed by atoms with Crippen LogP contribution in [0.1, 0.15) is 75.5 Å². The molecule has 2 unspecified atom stereocenters. The quantitative estimate of drug-likeness (QED) is 0.498. The van der Waals surface area contributed by atoms with E-state index in [9.17, 15) is 9.50 Å². The van der Waals surface area contributed by atoms with Crippen LogP contribution in [0.4, 0.5) is 15.9 Å². The first-order valence-corrected chi connectivity index (χ1v) is 12.4. The van der Waals surface area contributed by atoms with Crippen LogP contribution in [0.2, 0.25) is 0 Å². The summed E-state index contributed by atoms with van der Waals surface area (Å²) in [6.45, 7) is 2.49. The fourth-order valence-corrected chi connectivity index (χ4v) is 6.01. The Labute approximate surface area is 200 Å². The molecule has 1 saturated heterocycles. The highest BCUT2D eigenvalue weighted by molar-refractivity contribution is 5.81. The Kier molecular flexibility index (Phi) is 6.30. The molecular formula is C27H33FN4O2. The summed E-state index contributed by atoms with van der Waals surface area (Å²) >= 11 is 0. The first kappa shape index (κ1) is 22.8. The summed E-state index contributed by atoms with van der Waals surface area (Å²) < 4.78 is 19.7. The van der Waals surface area contributed by atoms with E-state index in [0.29, 0.717) is 29.7 Å². The minimum Gasteiger partial charge on any atom is -0.441 e. The zero-order chi connectivity index (χ0) is 23.7. The van der Waals surface area contributed by atoms with Gasteiger partial charge in [-0.15, -0.1) is 0 Å². The minimum atomic E-state index is -0.744. The Morgan fingerprint density at radius 2 is 1.85 bits per heavy atom. The van der Waals surface area contributed by atoms with Crippen molar-refractivity contribution in [3.8, 4) is 11.3 Å². The van der Waals surface area contributed by atoms with Crippen LogP contribution in [-0.4, -0.2) is 27.7 Å². The highest BCUT2D eigenvalue weighted by Crippen LogP contribution is 2.47. The number of piperidine rings is 1. The number of anilines is 2. The zero-order valence-electron chi connectivity index (χ0n) is 19.7. The Morgan fingerprint density at radius 1 is 1.09 bits per heavy atom. The first-order chi connectivity index (χ1) is 16.5. The van der Waals surface area contributed by atoms with Gasteiger partial charge in [-0.3, -0.25) is 4.98 Å². The average Bonchev–Trinajstić information content (AvgIpc) is 3.34. The molecule has 0 radical (unpaired) electrons. The van der Waals surface area contributed by atoms with Crippen molar-refractivity contribution in [2.24, 2.45) is 0 Å². The van der Waals surface area contributed by atoms with E-state index in [2.05, 4.69) is 14.9 Å². The van der Waals surface area contributed by atoms with Crippen molar-refractivity contribution in [2.75, 3.05) is 17.2 Å². The van der Waals surface area contributed by atoms with Gasteiger partial charge in [-0.2, -0.15) is 4.98 Å². The van der Waals surface area contributed by atoms with Crippen molar-refractivity contribution in [3.05, 3.63) is 60.0 Å². The van der Waals surface area contributed by atoms with Gasteiger partial charge in [-0.05, 0) is 62.8 Å². The van der Waals surface area contributed by atoms with E-state index in [4.69, 9.17) is 10.2 Å². The molecule has 0 bridgehead atoms. The molecule has 0 amide bonds. The van der Waals surface area contributed by atoms with Crippen LogP contribution in [0.15, 0.2) is 47.3 Å². The van der Waals surface area contributed by atoms with E-state index >= 15 is 0 Å². The number of aromatic nitrogens is 2. The van der Waals surface area contributed by atoms with Crippen LogP contribution < -0.4 is 10.6 Å². The molecule has 2 aliphatic rings. The Hall–Kier alpha value is -2.93. The summed E-state index contributed by atoms with van der Waals surface area (Å²) in [5.41, 5.74) is 9.19. The van der Waals surface area contributed by atoms with E-state index < -0.39 is 11.6 Å². The second-order valence-corrected chi connectivity index (χ2v) is 9.71. The maximum Gasteiger partial charge on any atom is 0.183 e. The second-order valence-electron chi connectivity index (χ2n) is 9.71. The lowest BCUT2D eigenvalue weighted by molar-refractivity contribution is 0.0744. The lowest BCUT2D eigenvalue weighted by Gasteiger charge is -2.50. The molecule has 0 spiro atoms. The third kappa shape index (κ3) is 3.86. The van der Waals surface area contributed by atoms with Crippen LogP contribution in [0, 0.1) is 5.82 Å². The monoisotopic (exact) mass is 464 g/mol. The van der Waals surface area contributed by atoms with Crippen LogP contribution in [-0.2, 0) is 5.54 Å². The van der Waals surface area contributed by atoms with Gasteiger partial charge < -0.3 is 20.2 Å². The number of rotatable bonds is 5. The van der Waals surface area contributed by atoms with Crippen LogP contribution in [0.3, 0.4) is 0 Å². The molecule has 1 aromatic carbocycles. The van der Waals surface area contributed by atoms with Crippen molar-refractivity contribution in [1.29, 1.82) is 0 Å². The first-order valence-electron chi connectivity index (χ1n) is 12.4. The predicted molar refractivity (Wildman–Crippen MR) is 131 cm³/mol. The summed E-state index contributed by atoms with van der Waals surface area (Å²) in [6.07, 6.45) is 11.0. The molecule has 1 aliphatic heterocycles. The molecule has 3 aromatic rings. The third-order valence-electron chi connectivity index (χ3n) is 7.77. The number of halogens is 1. The number of nitrogens with zero attached hydrogens (tertiary/aromatic N) is 3. The molecule has 6 nitrogen and oxygen atoms in total.